The molecule has 3 nitrogen and oxygen atoms in total. The van der Waals surface area contributed by atoms with E-state index in [4.69, 9.17) is 4.98 Å². The summed E-state index contributed by atoms with van der Waals surface area (Å²) in [6, 6.07) is 22.9. The second-order valence-corrected chi connectivity index (χ2v) is 7.96. The zero-order valence-electron chi connectivity index (χ0n) is 14.9. The van der Waals surface area contributed by atoms with Crippen LogP contribution in [0.1, 0.15) is 18.9 Å². The monoisotopic (exact) mass is 381 g/mol. The maximum atomic E-state index is 4.71. The van der Waals surface area contributed by atoms with Crippen LogP contribution in [-0.4, -0.2) is 22.3 Å². The van der Waals surface area contributed by atoms with Gasteiger partial charge in [0.1, 0.15) is 10.8 Å². The molecule has 3 aromatic rings. The fourth-order valence-corrected chi connectivity index (χ4v) is 4.00. The summed E-state index contributed by atoms with van der Waals surface area (Å²) >= 11 is 3.39. The fraction of sp³-hybridized carbons (Fsp3) is 0.238. The van der Waals surface area contributed by atoms with Crippen molar-refractivity contribution in [3.8, 4) is 0 Å². The van der Waals surface area contributed by atoms with Crippen LogP contribution in [0.3, 0.4) is 0 Å². The lowest BCUT2D eigenvalue weighted by atomic mass is 10.1. The predicted molar refractivity (Wildman–Crippen MR) is 112 cm³/mol. The molecule has 26 heavy (non-hydrogen) atoms. The molecule has 0 spiro atoms. The van der Waals surface area contributed by atoms with Crippen molar-refractivity contribution >= 4 is 29.3 Å². The highest BCUT2D eigenvalue weighted by Gasteiger charge is 2.07. The van der Waals surface area contributed by atoms with E-state index in [9.17, 15) is 0 Å². The largest absolute Gasteiger partial charge is 0.370 e. The van der Waals surface area contributed by atoms with E-state index < -0.39 is 0 Å². The van der Waals surface area contributed by atoms with Crippen LogP contribution >= 0.6 is 23.5 Å². The third-order valence-corrected chi connectivity index (χ3v) is 5.62. The molecule has 3 rings (SSSR count). The summed E-state index contributed by atoms with van der Waals surface area (Å²) in [6.45, 7) is 3.03. The summed E-state index contributed by atoms with van der Waals surface area (Å²) in [7, 11) is 0. The summed E-state index contributed by atoms with van der Waals surface area (Å²) < 4.78 is 0. The highest BCUT2D eigenvalue weighted by Crippen LogP contribution is 2.29. The Morgan fingerprint density at radius 2 is 1.65 bits per heavy atom. The summed E-state index contributed by atoms with van der Waals surface area (Å²) in [5.41, 5.74) is 1.33. The second-order valence-electron chi connectivity index (χ2n) is 5.80. The van der Waals surface area contributed by atoms with Crippen molar-refractivity contribution in [1.29, 1.82) is 0 Å². The third kappa shape index (κ3) is 6.07. The Balaban J connectivity index is 1.69. The average Bonchev–Trinajstić information content (AvgIpc) is 2.68. The molecule has 2 aromatic carbocycles. The van der Waals surface area contributed by atoms with Crippen LogP contribution in [0.2, 0.25) is 0 Å². The normalized spacial score (nSPS) is 10.7. The first kappa shape index (κ1) is 18.8. The van der Waals surface area contributed by atoms with Gasteiger partial charge in [-0.25, -0.2) is 9.97 Å². The highest BCUT2D eigenvalue weighted by molar-refractivity contribution is 7.99. The molecular formula is C21H23N3S2. The van der Waals surface area contributed by atoms with Crippen LogP contribution in [0.15, 0.2) is 81.8 Å². The van der Waals surface area contributed by atoms with Gasteiger partial charge in [0.05, 0.1) is 0 Å². The summed E-state index contributed by atoms with van der Waals surface area (Å²) in [4.78, 5) is 10.6. The molecule has 0 atom stereocenters. The van der Waals surface area contributed by atoms with Gasteiger partial charge in [-0.2, -0.15) is 0 Å². The molecule has 0 aliphatic heterocycles. The van der Waals surface area contributed by atoms with E-state index in [0.29, 0.717) is 0 Å². The molecule has 0 aliphatic carbocycles. The molecule has 1 aromatic heterocycles. The van der Waals surface area contributed by atoms with Crippen molar-refractivity contribution in [3.63, 3.8) is 0 Å². The van der Waals surface area contributed by atoms with Crippen molar-refractivity contribution < 1.29 is 0 Å². The standard InChI is InChI=1S/C21H23N3S2/c1-2-15-25-21-23-19(22-14-13-17-9-5-3-6-10-17)16-20(24-21)26-18-11-7-4-8-12-18/h3-12,16H,2,13-15H2,1H3,(H,22,23,24). The van der Waals surface area contributed by atoms with E-state index >= 15 is 0 Å². The van der Waals surface area contributed by atoms with Crippen LogP contribution < -0.4 is 5.32 Å². The van der Waals surface area contributed by atoms with Gasteiger partial charge in [-0.05, 0) is 30.5 Å². The van der Waals surface area contributed by atoms with Crippen molar-refractivity contribution in [2.24, 2.45) is 0 Å². The molecule has 1 heterocycles. The van der Waals surface area contributed by atoms with Gasteiger partial charge in [-0.1, -0.05) is 79.0 Å². The van der Waals surface area contributed by atoms with Gasteiger partial charge in [0.25, 0.3) is 0 Å². The number of nitrogens with one attached hydrogen (secondary N) is 1. The van der Waals surface area contributed by atoms with E-state index in [1.165, 1.54) is 10.5 Å². The molecule has 0 amide bonds. The number of aromatic nitrogens is 2. The van der Waals surface area contributed by atoms with Crippen molar-refractivity contribution in [1.82, 2.24) is 9.97 Å². The number of thioether (sulfide) groups is 1. The number of hydrogen-bond acceptors (Lipinski definition) is 5. The predicted octanol–water partition coefficient (Wildman–Crippen LogP) is 5.78. The van der Waals surface area contributed by atoms with Crippen molar-refractivity contribution in [3.05, 3.63) is 72.3 Å². The lowest BCUT2D eigenvalue weighted by Crippen LogP contribution is -2.07. The first-order valence-electron chi connectivity index (χ1n) is 8.86. The molecule has 0 aliphatic rings. The Hall–Kier alpha value is -1.98. The van der Waals surface area contributed by atoms with Gasteiger partial charge >= 0.3 is 0 Å². The quantitative estimate of drug-likeness (QED) is 0.289. The van der Waals surface area contributed by atoms with Gasteiger partial charge in [-0.3, -0.25) is 0 Å². The molecule has 1 N–H and O–H groups in total. The number of nitrogens with zero attached hydrogens (tertiary/aromatic N) is 2. The van der Waals surface area contributed by atoms with Gasteiger partial charge in [0.15, 0.2) is 5.16 Å². The second kappa shape index (κ2) is 10.2. The van der Waals surface area contributed by atoms with E-state index in [-0.39, 0.29) is 0 Å². The molecule has 0 bridgehead atoms. The number of hydrogen-bond donors (Lipinski definition) is 1. The van der Waals surface area contributed by atoms with E-state index in [2.05, 4.69) is 65.8 Å². The first-order valence-corrected chi connectivity index (χ1v) is 10.7. The Labute approximate surface area is 164 Å². The highest BCUT2D eigenvalue weighted by atomic mass is 32.2. The molecule has 0 unspecified atom stereocenters. The van der Waals surface area contributed by atoms with Crippen LogP contribution in [0, 0.1) is 0 Å². The number of rotatable bonds is 9. The van der Waals surface area contributed by atoms with E-state index in [1.54, 1.807) is 23.5 Å². The van der Waals surface area contributed by atoms with Gasteiger partial charge in [-0.15, -0.1) is 0 Å². The Kier molecular flexibility index (Phi) is 7.40. The lowest BCUT2D eigenvalue weighted by Gasteiger charge is -2.10. The van der Waals surface area contributed by atoms with Crippen molar-refractivity contribution in [2.45, 2.75) is 34.8 Å². The Bertz CT molecular complexity index is 795. The molecule has 0 fully saturated rings. The average molecular weight is 382 g/mol. The van der Waals surface area contributed by atoms with Gasteiger partial charge in [0.2, 0.25) is 0 Å². The Morgan fingerprint density at radius 1 is 0.923 bits per heavy atom. The summed E-state index contributed by atoms with van der Waals surface area (Å²) in [5, 5.41) is 5.28. The lowest BCUT2D eigenvalue weighted by molar-refractivity contribution is 0.879. The minimum absolute atomic E-state index is 0.843. The van der Waals surface area contributed by atoms with Crippen molar-refractivity contribution in [2.75, 3.05) is 17.6 Å². The molecule has 0 saturated carbocycles. The smallest absolute Gasteiger partial charge is 0.190 e. The zero-order chi connectivity index (χ0) is 18.0. The van der Waals surface area contributed by atoms with Crippen LogP contribution in [-0.2, 0) is 6.42 Å². The molecule has 5 heteroatoms. The van der Waals surface area contributed by atoms with E-state index in [1.807, 2.05) is 18.2 Å². The van der Waals surface area contributed by atoms with Crippen LogP contribution in [0.5, 0.6) is 0 Å². The minimum Gasteiger partial charge on any atom is -0.370 e. The van der Waals surface area contributed by atoms with E-state index in [0.717, 1.165) is 41.1 Å². The topological polar surface area (TPSA) is 37.8 Å². The van der Waals surface area contributed by atoms with Crippen LogP contribution in [0.25, 0.3) is 0 Å². The SMILES string of the molecule is CCCSc1nc(NCCc2ccccc2)cc(Sc2ccccc2)n1. The minimum atomic E-state index is 0.843. The Morgan fingerprint density at radius 3 is 2.38 bits per heavy atom. The zero-order valence-corrected chi connectivity index (χ0v) is 16.5. The van der Waals surface area contributed by atoms with Gasteiger partial charge < -0.3 is 5.32 Å². The molecule has 0 radical (unpaired) electrons. The maximum Gasteiger partial charge on any atom is 0.190 e. The fourth-order valence-electron chi connectivity index (χ4n) is 2.39. The summed E-state index contributed by atoms with van der Waals surface area (Å²) in [6.07, 6.45) is 2.09. The van der Waals surface area contributed by atoms with Gasteiger partial charge in [0, 0.05) is 23.3 Å². The third-order valence-electron chi connectivity index (χ3n) is 3.65. The molecule has 134 valence electrons. The first-order chi connectivity index (χ1) is 12.8. The number of benzene rings is 2. The molecule has 0 saturated heterocycles. The summed E-state index contributed by atoms with van der Waals surface area (Å²) in [5.74, 6) is 1.93. The maximum absolute atomic E-state index is 4.71. The number of anilines is 1. The molecular weight excluding hydrogens is 358 g/mol. The van der Waals surface area contributed by atoms with Crippen LogP contribution in [0.4, 0.5) is 5.82 Å².